The Kier molecular flexibility index (Phi) is 10.3. The number of allylic oxidation sites excluding steroid dienone is 1. The van der Waals surface area contributed by atoms with E-state index in [9.17, 15) is 0 Å². The van der Waals surface area contributed by atoms with E-state index in [0.717, 1.165) is 12.8 Å². The summed E-state index contributed by atoms with van der Waals surface area (Å²) in [5, 5.41) is 1.66. The largest absolute Gasteiger partial charge is 0.269 e. The first-order chi connectivity index (χ1) is 11.5. The number of rotatable bonds is 7. The van der Waals surface area contributed by atoms with E-state index in [-0.39, 0.29) is 15.8 Å². The molecule has 0 bridgehead atoms. The molecule has 0 amide bonds. The van der Waals surface area contributed by atoms with Crippen molar-refractivity contribution in [2.45, 2.75) is 117 Å². The molecule has 0 aliphatic heterocycles. The third-order valence-corrected chi connectivity index (χ3v) is 12.4. The molecule has 0 unspecified atom stereocenters. The first-order valence-corrected chi connectivity index (χ1v) is 13.2. The molecule has 0 aromatic heterocycles. The highest BCUT2D eigenvalue weighted by Gasteiger charge is 2.34. The Labute approximate surface area is 168 Å². The second-order valence-electron chi connectivity index (χ2n) is 11.3. The average molecular weight is 400 g/mol. The minimum atomic E-state index is -0.0179. The lowest BCUT2D eigenvalue weighted by Crippen LogP contribution is -2.26. The van der Waals surface area contributed by atoms with Gasteiger partial charge in [-0.05, 0) is 45.8 Å². The molecule has 0 radical (unpaired) electrons. The molecule has 154 valence electrons. The van der Waals surface area contributed by atoms with E-state index in [4.69, 9.17) is 0 Å². The van der Waals surface area contributed by atoms with Crippen LogP contribution in [0.25, 0.3) is 0 Å². The Morgan fingerprint density at radius 1 is 0.577 bits per heavy atom. The molecule has 0 aliphatic rings. The molecule has 0 rings (SSSR count). The van der Waals surface area contributed by atoms with Crippen LogP contribution in [0.3, 0.4) is 0 Å². The molecule has 0 heterocycles. The maximum absolute atomic E-state index is 4.54. The fraction of sp³-hybridized carbons (Fsp3) is 0.870. The van der Waals surface area contributed by atoms with Crippen LogP contribution in [0.4, 0.5) is 0 Å². The van der Waals surface area contributed by atoms with Crippen molar-refractivity contribution in [2.75, 3.05) is 12.3 Å². The summed E-state index contributed by atoms with van der Waals surface area (Å²) in [6.07, 6.45) is 11.2. The zero-order chi connectivity index (χ0) is 20.8. The molecular formula is C23H47NP2. The van der Waals surface area contributed by atoms with Crippen molar-refractivity contribution in [2.24, 2.45) is 4.99 Å². The van der Waals surface area contributed by atoms with Crippen LogP contribution in [0.1, 0.15) is 95.9 Å². The van der Waals surface area contributed by atoms with Crippen molar-refractivity contribution in [3.63, 3.8) is 0 Å². The second-order valence-corrected chi connectivity index (χ2v) is 19.3. The first-order valence-electron chi connectivity index (χ1n) is 10.2. The van der Waals surface area contributed by atoms with Gasteiger partial charge in [-0.25, -0.2) is 0 Å². The summed E-state index contributed by atoms with van der Waals surface area (Å²) in [6.45, 7) is 28.7. The Hall–Kier alpha value is 0.270. The summed E-state index contributed by atoms with van der Waals surface area (Å²) in [6, 6.07) is 0. The summed E-state index contributed by atoms with van der Waals surface area (Å²) in [4.78, 5) is 4.54. The molecule has 0 atom stereocenters. The van der Waals surface area contributed by atoms with E-state index in [1.165, 1.54) is 12.3 Å². The standard InChI is InChI=1S/C23H47NP2/c1-20(2,3)25(21(4,5)6)18-14-13-16-24-17-15-19-26(22(7,8)9)23(10,11)12/h13,16-17H,14-15,18-19H2,1-12H3. The van der Waals surface area contributed by atoms with Gasteiger partial charge in [0.05, 0.1) is 0 Å². The summed E-state index contributed by atoms with van der Waals surface area (Å²) in [7, 11) is -0.0236. The molecule has 1 nitrogen and oxygen atoms in total. The third-order valence-electron chi connectivity index (χ3n) is 4.54. The second kappa shape index (κ2) is 10.2. The van der Waals surface area contributed by atoms with E-state index < -0.39 is 0 Å². The van der Waals surface area contributed by atoms with Crippen LogP contribution in [-0.4, -0.2) is 39.2 Å². The molecule has 0 saturated carbocycles. The summed E-state index contributed by atoms with van der Waals surface area (Å²) < 4.78 is 0. The van der Waals surface area contributed by atoms with Crippen LogP contribution in [-0.2, 0) is 0 Å². The number of aliphatic imine (C=N–C) groups is 1. The Morgan fingerprint density at radius 3 is 1.27 bits per heavy atom. The van der Waals surface area contributed by atoms with E-state index in [0.29, 0.717) is 20.6 Å². The van der Waals surface area contributed by atoms with Crippen molar-refractivity contribution in [3.05, 3.63) is 12.3 Å². The highest BCUT2D eigenvalue weighted by atomic mass is 31.1. The molecule has 0 aromatic rings. The Balaban J connectivity index is 4.46. The van der Waals surface area contributed by atoms with Crippen LogP contribution >= 0.6 is 15.8 Å². The zero-order valence-corrected chi connectivity index (χ0v) is 21.7. The van der Waals surface area contributed by atoms with Gasteiger partial charge in [-0.1, -0.05) is 105 Å². The van der Waals surface area contributed by atoms with E-state index in [2.05, 4.69) is 100 Å². The normalized spacial score (nSPS) is 15.2. The molecule has 26 heavy (non-hydrogen) atoms. The van der Waals surface area contributed by atoms with Crippen LogP contribution < -0.4 is 0 Å². The highest BCUT2D eigenvalue weighted by Crippen LogP contribution is 2.60. The summed E-state index contributed by atoms with van der Waals surface area (Å²) >= 11 is 0. The average Bonchev–Trinajstić information content (AvgIpc) is 2.34. The number of hydrogen-bond donors (Lipinski definition) is 0. The van der Waals surface area contributed by atoms with Gasteiger partial charge in [-0.3, -0.25) is 4.99 Å². The molecule has 0 N–H and O–H groups in total. The van der Waals surface area contributed by atoms with Crippen LogP contribution in [0, 0.1) is 0 Å². The third kappa shape index (κ3) is 10.6. The van der Waals surface area contributed by atoms with Crippen LogP contribution in [0.2, 0.25) is 0 Å². The van der Waals surface area contributed by atoms with Crippen molar-refractivity contribution in [3.8, 4) is 0 Å². The summed E-state index contributed by atoms with van der Waals surface area (Å²) in [5.74, 6) is 0. The first kappa shape index (κ1) is 26.3. The van der Waals surface area contributed by atoms with Crippen LogP contribution in [0.15, 0.2) is 17.3 Å². The van der Waals surface area contributed by atoms with Gasteiger partial charge in [0, 0.05) is 12.4 Å². The highest BCUT2D eigenvalue weighted by molar-refractivity contribution is 7.61. The molecule has 0 spiro atoms. The number of nitrogens with zero attached hydrogens (tertiary/aromatic N) is 1. The summed E-state index contributed by atoms with van der Waals surface area (Å²) in [5.41, 5.74) is 0. The maximum atomic E-state index is 4.54. The SMILES string of the molecule is CC(C)(C)P(CCC=CN=CCCP(C(C)(C)C)C(C)(C)C)C(C)(C)C. The van der Waals surface area contributed by atoms with Gasteiger partial charge in [0.25, 0.3) is 0 Å². The Bertz CT molecular complexity index is 379. The van der Waals surface area contributed by atoms with Crippen molar-refractivity contribution in [1.29, 1.82) is 0 Å². The molecular weight excluding hydrogens is 352 g/mol. The van der Waals surface area contributed by atoms with E-state index in [1.54, 1.807) is 0 Å². The quantitative estimate of drug-likeness (QED) is 0.300. The minimum absolute atomic E-state index is 0.00568. The fourth-order valence-corrected chi connectivity index (χ4v) is 11.5. The van der Waals surface area contributed by atoms with Gasteiger partial charge < -0.3 is 0 Å². The lowest BCUT2D eigenvalue weighted by atomic mass is 10.2. The zero-order valence-electron chi connectivity index (χ0n) is 19.9. The van der Waals surface area contributed by atoms with Crippen LogP contribution in [0.5, 0.6) is 0 Å². The van der Waals surface area contributed by atoms with Crippen molar-refractivity contribution >= 4 is 22.1 Å². The maximum Gasteiger partial charge on any atom is 0.0224 e. The predicted molar refractivity (Wildman–Crippen MR) is 129 cm³/mol. The lowest BCUT2D eigenvalue weighted by molar-refractivity contribution is 0.702. The van der Waals surface area contributed by atoms with Gasteiger partial charge in [-0.2, -0.15) is 0 Å². The smallest absolute Gasteiger partial charge is 0.0224 e. The van der Waals surface area contributed by atoms with Gasteiger partial charge in [0.15, 0.2) is 0 Å². The van der Waals surface area contributed by atoms with Gasteiger partial charge in [0.1, 0.15) is 0 Å². The Morgan fingerprint density at radius 2 is 0.923 bits per heavy atom. The lowest BCUT2D eigenvalue weighted by Gasteiger charge is -2.41. The monoisotopic (exact) mass is 399 g/mol. The molecule has 0 saturated heterocycles. The van der Waals surface area contributed by atoms with Crippen molar-refractivity contribution < 1.29 is 0 Å². The van der Waals surface area contributed by atoms with Gasteiger partial charge in [0.2, 0.25) is 0 Å². The molecule has 3 heteroatoms. The van der Waals surface area contributed by atoms with E-state index in [1.807, 2.05) is 6.20 Å². The van der Waals surface area contributed by atoms with E-state index >= 15 is 0 Å². The molecule has 0 fully saturated rings. The number of hydrogen-bond acceptors (Lipinski definition) is 1. The van der Waals surface area contributed by atoms with Gasteiger partial charge >= 0.3 is 0 Å². The van der Waals surface area contributed by atoms with Crippen molar-refractivity contribution in [1.82, 2.24) is 0 Å². The van der Waals surface area contributed by atoms with Gasteiger partial charge in [-0.15, -0.1) is 0 Å². The fourth-order valence-electron chi connectivity index (χ4n) is 4.02. The predicted octanol–water partition coefficient (Wildman–Crippen LogP) is 8.51. The topological polar surface area (TPSA) is 12.4 Å². The molecule has 0 aromatic carbocycles. The molecule has 0 aliphatic carbocycles. The minimum Gasteiger partial charge on any atom is -0.269 e.